The number of hydrogen-bond donors (Lipinski definition) is 3. The van der Waals surface area contributed by atoms with Crippen molar-refractivity contribution in [1.29, 1.82) is 0 Å². The van der Waals surface area contributed by atoms with Crippen LogP contribution in [0.15, 0.2) is 5.38 Å². The molecular weight excluding hydrogens is 304 g/mol. The molecule has 1 aromatic heterocycles. The van der Waals surface area contributed by atoms with Gasteiger partial charge in [0.25, 0.3) is 0 Å². The molecule has 122 valence electrons. The van der Waals surface area contributed by atoms with E-state index < -0.39 is 0 Å². The van der Waals surface area contributed by atoms with Crippen molar-refractivity contribution in [2.45, 2.75) is 38.1 Å². The number of urea groups is 1. The predicted octanol–water partition coefficient (Wildman–Crippen LogP) is 1.51. The molecule has 2 rings (SSSR count). The molecule has 1 aliphatic rings. The van der Waals surface area contributed by atoms with E-state index in [-0.39, 0.29) is 24.4 Å². The van der Waals surface area contributed by atoms with Crippen LogP contribution in [-0.4, -0.2) is 43.2 Å². The van der Waals surface area contributed by atoms with Crippen LogP contribution in [0.1, 0.15) is 31.4 Å². The summed E-state index contributed by atoms with van der Waals surface area (Å²) in [4.78, 5) is 27.7. The lowest BCUT2D eigenvalue weighted by Crippen LogP contribution is -2.36. The van der Waals surface area contributed by atoms with Crippen molar-refractivity contribution in [3.63, 3.8) is 0 Å². The number of hydrogen-bond acceptors (Lipinski definition) is 5. The highest BCUT2D eigenvalue weighted by Gasteiger charge is 2.17. The molecule has 0 radical (unpaired) electrons. The number of ether oxygens (including phenoxy) is 1. The summed E-state index contributed by atoms with van der Waals surface area (Å²) in [6.07, 6.45) is 4.62. The summed E-state index contributed by atoms with van der Waals surface area (Å²) in [6, 6.07) is 0.0448. The average Bonchev–Trinajstić information content (AvgIpc) is 3.11. The van der Waals surface area contributed by atoms with E-state index in [1.165, 1.54) is 24.2 Å². The van der Waals surface area contributed by atoms with E-state index in [0.717, 1.165) is 12.8 Å². The first-order valence-electron chi connectivity index (χ1n) is 7.45. The van der Waals surface area contributed by atoms with Crippen LogP contribution in [0.5, 0.6) is 0 Å². The summed E-state index contributed by atoms with van der Waals surface area (Å²) in [6.45, 7) is 0.964. The second-order valence-corrected chi connectivity index (χ2v) is 6.10. The summed E-state index contributed by atoms with van der Waals surface area (Å²) in [5, 5.41) is 10.7. The van der Waals surface area contributed by atoms with Crippen LogP contribution in [0.3, 0.4) is 0 Å². The fourth-order valence-electron chi connectivity index (χ4n) is 2.35. The normalized spacial score (nSPS) is 14.8. The Kier molecular flexibility index (Phi) is 6.60. The molecule has 3 N–H and O–H groups in total. The minimum atomic E-state index is -0.225. The van der Waals surface area contributed by atoms with Gasteiger partial charge < -0.3 is 15.4 Å². The quantitative estimate of drug-likeness (QED) is 0.662. The topological polar surface area (TPSA) is 92.4 Å². The van der Waals surface area contributed by atoms with Gasteiger partial charge in [-0.05, 0) is 12.8 Å². The van der Waals surface area contributed by atoms with E-state index >= 15 is 0 Å². The molecule has 1 saturated carbocycles. The SMILES string of the molecule is COCCNC(=O)Cc1csc(NC(=O)NC2CCCC2)n1. The highest BCUT2D eigenvalue weighted by molar-refractivity contribution is 7.13. The van der Waals surface area contributed by atoms with E-state index in [2.05, 4.69) is 20.9 Å². The predicted molar refractivity (Wildman–Crippen MR) is 85.1 cm³/mol. The average molecular weight is 326 g/mol. The highest BCUT2D eigenvalue weighted by Crippen LogP contribution is 2.19. The molecule has 1 aliphatic carbocycles. The fraction of sp³-hybridized carbons (Fsp3) is 0.643. The second-order valence-electron chi connectivity index (χ2n) is 5.24. The zero-order valence-corrected chi connectivity index (χ0v) is 13.5. The minimum Gasteiger partial charge on any atom is -0.383 e. The van der Waals surface area contributed by atoms with Gasteiger partial charge in [0.05, 0.1) is 18.7 Å². The molecule has 0 spiro atoms. The Morgan fingerprint density at radius 2 is 2.18 bits per heavy atom. The van der Waals surface area contributed by atoms with Crippen LogP contribution < -0.4 is 16.0 Å². The highest BCUT2D eigenvalue weighted by atomic mass is 32.1. The van der Waals surface area contributed by atoms with Crippen molar-refractivity contribution < 1.29 is 14.3 Å². The van der Waals surface area contributed by atoms with Crippen molar-refractivity contribution in [2.75, 3.05) is 25.6 Å². The Morgan fingerprint density at radius 3 is 2.91 bits per heavy atom. The molecule has 22 heavy (non-hydrogen) atoms. The zero-order valence-electron chi connectivity index (χ0n) is 12.7. The number of nitrogens with zero attached hydrogens (tertiary/aromatic N) is 1. The smallest absolute Gasteiger partial charge is 0.321 e. The molecule has 7 nitrogen and oxygen atoms in total. The molecule has 0 aliphatic heterocycles. The molecule has 0 saturated heterocycles. The van der Waals surface area contributed by atoms with Crippen LogP contribution >= 0.6 is 11.3 Å². The number of amides is 3. The lowest BCUT2D eigenvalue weighted by Gasteiger charge is -2.11. The maximum Gasteiger partial charge on any atom is 0.321 e. The number of methoxy groups -OCH3 is 1. The van der Waals surface area contributed by atoms with Gasteiger partial charge >= 0.3 is 6.03 Å². The summed E-state index contributed by atoms with van der Waals surface area (Å²) >= 11 is 1.32. The maximum absolute atomic E-state index is 11.8. The number of carbonyl (C=O) groups is 2. The van der Waals surface area contributed by atoms with Crippen molar-refractivity contribution in [3.8, 4) is 0 Å². The van der Waals surface area contributed by atoms with Gasteiger partial charge in [0, 0.05) is 25.1 Å². The van der Waals surface area contributed by atoms with Gasteiger partial charge in [0.1, 0.15) is 0 Å². The number of rotatable bonds is 7. The van der Waals surface area contributed by atoms with Gasteiger partial charge in [0.15, 0.2) is 5.13 Å². The van der Waals surface area contributed by atoms with Crippen molar-refractivity contribution >= 4 is 28.4 Å². The van der Waals surface area contributed by atoms with Gasteiger partial charge in [-0.25, -0.2) is 9.78 Å². The molecule has 0 unspecified atom stereocenters. The van der Waals surface area contributed by atoms with Crippen LogP contribution in [0, 0.1) is 0 Å². The van der Waals surface area contributed by atoms with Crippen molar-refractivity contribution in [2.24, 2.45) is 0 Å². The molecule has 1 fully saturated rings. The third-order valence-electron chi connectivity index (χ3n) is 3.43. The second kappa shape index (κ2) is 8.70. The van der Waals surface area contributed by atoms with Crippen LogP contribution in [0.4, 0.5) is 9.93 Å². The largest absolute Gasteiger partial charge is 0.383 e. The first-order chi connectivity index (χ1) is 10.7. The van der Waals surface area contributed by atoms with Gasteiger partial charge in [-0.15, -0.1) is 11.3 Å². The first-order valence-corrected chi connectivity index (χ1v) is 8.33. The number of aromatic nitrogens is 1. The third-order valence-corrected chi connectivity index (χ3v) is 4.24. The molecular formula is C14H22N4O3S. The third kappa shape index (κ3) is 5.61. The molecule has 3 amide bonds. The van der Waals surface area contributed by atoms with Crippen molar-refractivity contribution in [1.82, 2.24) is 15.6 Å². The Bertz CT molecular complexity index is 500. The first kappa shape index (κ1) is 16.7. The van der Waals surface area contributed by atoms with Crippen molar-refractivity contribution in [3.05, 3.63) is 11.1 Å². The molecule has 1 aromatic rings. The van der Waals surface area contributed by atoms with Crippen LogP contribution in [0.25, 0.3) is 0 Å². The summed E-state index contributed by atoms with van der Waals surface area (Å²) < 4.78 is 4.86. The Hall–Kier alpha value is -1.67. The lowest BCUT2D eigenvalue weighted by atomic mass is 10.3. The maximum atomic E-state index is 11.8. The number of anilines is 1. The molecule has 0 bridgehead atoms. The van der Waals surface area contributed by atoms with Gasteiger partial charge in [-0.3, -0.25) is 10.1 Å². The van der Waals surface area contributed by atoms with E-state index in [1.807, 2.05) is 0 Å². The fourth-order valence-corrected chi connectivity index (χ4v) is 3.06. The van der Waals surface area contributed by atoms with E-state index in [0.29, 0.717) is 24.0 Å². The standard InChI is InChI=1S/C14H22N4O3S/c1-21-7-6-15-12(19)8-11-9-22-14(17-11)18-13(20)16-10-4-2-3-5-10/h9-10H,2-8H2,1H3,(H,15,19)(H2,16,17,18,20). The Labute approximate surface area is 133 Å². The van der Waals surface area contributed by atoms with E-state index in [4.69, 9.17) is 4.74 Å². The van der Waals surface area contributed by atoms with Gasteiger partial charge in [-0.2, -0.15) is 0 Å². The molecule has 0 atom stereocenters. The zero-order chi connectivity index (χ0) is 15.8. The Balaban J connectivity index is 1.73. The number of nitrogens with one attached hydrogen (secondary N) is 3. The molecule has 8 heteroatoms. The van der Waals surface area contributed by atoms with Gasteiger partial charge in [-0.1, -0.05) is 12.8 Å². The number of thiazole rings is 1. The molecule has 0 aromatic carbocycles. The summed E-state index contributed by atoms with van der Waals surface area (Å²) in [5.74, 6) is -0.107. The van der Waals surface area contributed by atoms with E-state index in [9.17, 15) is 9.59 Å². The summed E-state index contributed by atoms with van der Waals surface area (Å²) in [7, 11) is 1.58. The monoisotopic (exact) mass is 326 g/mol. The van der Waals surface area contributed by atoms with E-state index in [1.54, 1.807) is 12.5 Å². The lowest BCUT2D eigenvalue weighted by molar-refractivity contribution is -0.120. The van der Waals surface area contributed by atoms with Crippen LogP contribution in [-0.2, 0) is 16.0 Å². The Morgan fingerprint density at radius 1 is 1.41 bits per heavy atom. The molecule has 1 heterocycles. The summed E-state index contributed by atoms with van der Waals surface area (Å²) in [5.41, 5.74) is 0.649. The van der Waals surface area contributed by atoms with Crippen LogP contribution in [0.2, 0.25) is 0 Å². The minimum absolute atomic E-state index is 0.107. The number of carbonyl (C=O) groups excluding carboxylic acids is 2. The van der Waals surface area contributed by atoms with Gasteiger partial charge in [0.2, 0.25) is 5.91 Å².